The van der Waals surface area contributed by atoms with Crippen molar-refractivity contribution in [3.8, 4) is 11.3 Å². The zero-order valence-electron chi connectivity index (χ0n) is 11.9. The van der Waals surface area contributed by atoms with Gasteiger partial charge in [0.1, 0.15) is 0 Å². The molecular formula is C20H15N. The van der Waals surface area contributed by atoms with Gasteiger partial charge in [0.15, 0.2) is 0 Å². The Morgan fingerprint density at radius 2 is 1.14 bits per heavy atom. The molecule has 0 amide bonds. The van der Waals surface area contributed by atoms with Gasteiger partial charge in [-0.15, -0.1) is 0 Å². The van der Waals surface area contributed by atoms with Crippen LogP contribution in [0, 0.1) is 6.92 Å². The van der Waals surface area contributed by atoms with Gasteiger partial charge in [0.2, 0.25) is 0 Å². The molecular weight excluding hydrogens is 254 g/mol. The molecule has 0 N–H and O–H groups in total. The number of nitrogens with zero attached hydrogens (tertiary/aromatic N) is 1. The minimum absolute atomic E-state index is 1.03. The maximum Gasteiger partial charge on any atom is 0.0714 e. The number of pyridine rings is 1. The van der Waals surface area contributed by atoms with Gasteiger partial charge in [-0.1, -0.05) is 54.6 Å². The zero-order chi connectivity index (χ0) is 14.2. The summed E-state index contributed by atoms with van der Waals surface area (Å²) in [5.41, 5.74) is 3.60. The molecule has 0 atom stereocenters. The summed E-state index contributed by atoms with van der Waals surface area (Å²) in [7, 11) is 0. The van der Waals surface area contributed by atoms with Crippen molar-refractivity contribution >= 4 is 21.5 Å². The molecule has 0 radical (unpaired) electrons. The summed E-state index contributed by atoms with van der Waals surface area (Å²) in [5, 5.41) is 5.15. The van der Waals surface area contributed by atoms with E-state index in [2.05, 4.69) is 66.5 Å². The van der Waals surface area contributed by atoms with E-state index >= 15 is 0 Å². The predicted octanol–water partition coefficient (Wildman–Crippen LogP) is 5.36. The third kappa shape index (κ3) is 1.82. The Morgan fingerprint density at radius 3 is 1.67 bits per heavy atom. The lowest BCUT2D eigenvalue weighted by molar-refractivity contribution is 1.34. The number of aromatic nitrogens is 1. The number of benzene rings is 3. The number of fused-ring (bicyclic) bond motifs is 2. The molecule has 1 heterocycles. The van der Waals surface area contributed by atoms with Crippen LogP contribution in [-0.2, 0) is 0 Å². The van der Waals surface area contributed by atoms with E-state index in [1.165, 1.54) is 32.7 Å². The lowest BCUT2D eigenvalue weighted by atomic mass is 9.91. The van der Waals surface area contributed by atoms with Crippen LogP contribution in [-0.4, -0.2) is 4.98 Å². The standard InChI is InChI=1S/C20H15N/c1-14-15-8-2-4-10-17(15)20(19-12-6-7-13-21-19)18-11-5-3-9-16(14)18/h2-13H,1H3. The van der Waals surface area contributed by atoms with E-state index in [1.807, 2.05) is 18.3 Å². The minimum Gasteiger partial charge on any atom is -0.256 e. The minimum atomic E-state index is 1.03. The first-order valence-electron chi connectivity index (χ1n) is 7.18. The molecule has 3 aromatic carbocycles. The molecule has 0 aliphatic heterocycles. The van der Waals surface area contributed by atoms with E-state index in [1.54, 1.807) is 0 Å². The smallest absolute Gasteiger partial charge is 0.0714 e. The molecule has 0 aliphatic carbocycles. The predicted molar refractivity (Wildman–Crippen MR) is 89.4 cm³/mol. The van der Waals surface area contributed by atoms with Crippen LogP contribution in [0.2, 0.25) is 0 Å². The molecule has 4 rings (SSSR count). The Morgan fingerprint density at radius 1 is 0.619 bits per heavy atom. The number of hydrogen-bond acceptors (Lipinski definition) is 1. The second kappa shape index (κ2) is 4.71. The lowest BCUT2D eigenvalue weighted by Crippen LogP contribution is -1.90. The first-order valence-corrected chi connectivity index (χ1v) is 7.18. The van der Waals surface area contributed by atoms with Crippen LogP contribution in [0.4, 0.5) is 0 Å². The maximum atomic E-state index is 4.58. The Kier molecular flexibility index (Phi) is 2.71. The molecule has 0 bridgehead atoms. The van der Waals surface area contributed by atoms with Crippen molar-refractivity contribution in [3.63, 3.8) is 0 Å². The van der Waals surface area contributed by atoms with Crippen molar-refractivity contribution in [2.24, 2.45) is 0 Å². The molecule has 100 valence electrons. The Labute approximate surface area is 123 Å². The van der Waals surface area contributed by atoms with Gasteiger partial charge in [-0.2, -0.15) is 0 Å². The van der Waals surface area contributed by atoms with Crippen LogP contribution >= 0.6 is 0 Å². The first kappa shape index (κ1) is 12.1. The quantitative estimate of drug-likeness (QED) is 0.424. The van der Waals surface area contributed by atoms with Crippen molar-refractivity contribution in [2.45, 2.75) is 6.92 Å². The van der Waals surface area contributed by atoms with Crippen LogP contribution in [0.25, 0.3) is 32.8 Å². The van der Waals surface area contributed by atoms with E-state index < -0.39 is 0 Å². The van der Waals surface area contributed by atoms with Crippen LogP contribution in [0.3, 0.4) is 0 Å². The van der Waals surface area contributed by atoms with Crippen LogP contribution in [0.1, 0.15) is 5.56 Å². The highest BCUT2D eigenvalue weighted by Crippen LogP contribution is 2.37. The van der Waals surface area contributed by atoms with Gasteiger partial charge in [0.25, 0.3) is 0 Å². The van der Waals surface area contributed by atoms with Crippen LogP contribution in [0.15, 0.2) is 72.9 Å². The molecule has 0 aliphatic rings. The molecule has 0 unspecified atom stereocenters. The average Bonchev–Trinajstić information content (AvgIpc) is 2.56. The molecule has 0 saturated heterocycles. The molecule has 1 nitrogen and oxygen atoms in total. The summed E-state index contributed by atoms with van der Waals surface area (Å²) in [4.78, 5) is 4.58. The Hall–Kier alpha value is -2.67. The van der Waals surface area contributed by atoms with Gasteiger partial charge in [-0.3, -0.25) is 4.98 Å². The maximum absolute atomic E-state index is 4.58. The average molecular weight is 269 g/mol. The van der Waals surface area contributed by atoms with Crippen molar-refractivity contribution < 1.29 is 0 Å². The highest BCUT2D eigenvalue weighted by Gasteiger charge is 2.12. The van der Waals surface area contributed by atoms with Gasteiger partial charge >= 0.3 is 0 Å². The third-order valence-electron chi connectivity index (χ3n) is 4.12. The number of aryl methyl sites for hydroxylation is 1. The second-order valence-corrected chi connectivity index (χ2v) is 5.31. The lowest BCUT2D eigenvalue weighted by Gasteiger charge is -2.14. The van der Waals surface area contributed by atoms with Gasteiger partial charge < -0.3 is 0 Å². The zero-order valence-corrected chi connectivity index (χ0v) is 11.9. The second-order valence-electron chi connectivity index (χ2n) is 5.31. The molecule has 1 heteroatoms. The fourth-order valence-electron chi connectivity index (χ4n) is 3.13. The van der Waals surface area contributed by atoms with E-state index in [4.69, 9.17) is 0 Å². The molecule has 0 saturated carbocycles. The van der Waals surface area contributed by atoms with E-state index in [0.717, 1.165) is 5.69 Å². The molecule has 4 aromatic rings. The van der Waals surface area contributed by atoms with Gasteiger partial charge in [-0.05, 0) is 46.2 Å². The highest BCUT2D eigenvalue weighted by atomic mass is 14.7. The molecule has 1 aromatic heterocycles. The van der Waals surface area contributed by atoms with Crippen molar-refractivity contribution in [3.05, 3.63) is 78.5 Å². The summed E-state index contributed by atoms with van der Waals surface area (Å²) >= 11 is 0. The summed E-state index contributed by atoms with van der Waals surface area (Å²) in [6, 6.07) is 23.3. The van der Waals surface area contributed by atoms with Crippen LogP contribution in [0.5, 0.6) is 0 Å². The van der Waals surface area contributed by atoms with Crippen molar-refractivity contribution in [2.75, 3.05) is 0 Å². The topological polar surface area (TPSA) is 12.9 Å². The summed E-state index contributed by atoms with van der Waals surface area (Å²) in [6.45, 7) is 2.20. The van der Waals surface area contributed by atoms with Gasteiger partial charge in [0, 0.05) is 11.8 Å². The van der Waals surface area contributed by atoms with E-state index in [0.29, 0.717) is 0 Å². The SMILES string of the molecule is Cc1c2ccccc2c(-c2ccccn2)c2ccccc12. The summed E-state index contributed by atoms with van der Waals surface area (Å²) in [5.74, 6) is 0. The van der Waals surface area contributed by atoms with Gasteiger partial charge in [-0.25, -0.2) is 0 Å². The Bertz CT molecular complexity index is 883. The van der Waals surface area contributed by atoms with Crippen molar-refractivity contribution in [1.29, 1.82) is 0 Å². The first-order chi connectivity index (χ1) is 10.4. The molecule has 21 heavy (non-hydrogen) atoms. The normalized spacial score (nSPS) is 11.1. The molecule has 0 fully saturated rings. The van der Waals surface area contributed by atoms with E-state index in [-0.39, 0.29) is 0 Å². The third-order valence-corrected chi connectivity index (χ3v) is 4.12. The van der Waals surface area contributed by atoms with Crippen molar-refractivity contribution in [1.82, 2.24) is 4.98 Å². The fraction of sp³-hybridized carbons (Fsp3) is 0.0500. The summed E-state index contributed by atoms with van der Waals surface area (Å²) in [6.07, 6.45) is 1.86. The summed E-state index contributed by atoms with van der Waals surface area (Å²) < 4.78 is 0. The monoisotopic (exact) mass is 269 g/mol. The van der Waals surface area contributed by atoms with Crippen LogP contribution < -0.4 is 0 Å². The highest BCUT2D eigenvalue weighted by molar-refractivity contribution is 6.14. The molecule has 0 spiro atoms. The largest absolute Gasteiger partial charge is 0.256 e. The van der Waals surface area contributed by atoms with E-state index in [9.17, 15) is 0 Å². The number of rotatable bonds is 1. The number of hydrogen-bond donors (Lipinski definition) is 0. The Balaban J connectivity index is 2.28. The fourth-order valence-corrected chi connectivity index (χ4v) is 3.13. The van der Waals surface area contributed by atoms with Gasteiger partial charge in [0.05, 0.1) is 5.69 Å².